The number of aryl methyl sites for hydroxylation is 2. The maximum absolute atomic E-state index is 13.8. The van der Waals surface area contributed by atoms with E-state index in [-0.39, 0.29) is 22.6 Å². The molecule has 38 heavy (non-hydrogen) atoms. The Morgan fingerprint density at radius 1 is 1.24 bits per heavy atom. The Morgan fingerprint density at radius 3 is 2.76 bits per heavy atom. The van der Waals surface area contributed by atoms with Gasteiger partial charge in [-0.2, -0.15) is 5.10 Å². The van der Waals surface area contributed by atoms with Gasteiger partial charge in [0.25, 0.3) is 17.2 Å². The van der Waals surface area contributed by atoms with E-state index in [1.54, 1.807) is 54.8 Å². The van der Waals surface area contributed by atoms with Crippen LogP contribution in [0.3, 0.4) is 0 Å². The summed E-state index contributed by atoms with van der Waals surface area (Å²) < 4.78 is 6.80. The topological polar surface area (TPSA) is 129 Å². The summed E-state index contributed by atoms with van der Waals surface area (Å²) in [6, 6.07) is 13.2. The van der Waals surface area contributed by atoms with Gasteiger partial charge in [0.2, 0.25) is 0 Å². The van der Waals surface area contributed by atoms with Crippen LogP contribution in [0, 0.1) is 10.1 Å². The van der Waals surface area contributed by atoms with Gasteiger partial charge < -0.3 is 4.74 Å². The molecular weight excluding hydrogens is 526 g/mol. The highest BCUT2D eigenvalue weighted by atomic mass is 32.2. The minimum Gasteiger partial charge on any atom is -0.497 e. The Hall–Kier alpha value is -4.03. The molecule has 1 aliphatic rings. The van der Waals surface area contributed by atoms with E-state index in [4.69, 9.17) is 9.72 Å². The van der Waals surface area contributed by atoms with Gasteiger partial charge in [0.1, 0.15) is 10.6 Å². The van der Waals surface area contributed by atoms with Crippen LogP contribution in [0.15, 0.2) is 63.6 Å². The number of aromatic nitrogens is 2. The van der Waals surface area contributed by atoms with Crippen LogP contribution in [-0.2, 0) is 17.6 Å². The number of methoxy groups -OCH3 is 1. The van der Waals surface area contributed by atoms with Crippen LogP contribution in [-0.4, -0.2) is 39.5 Å². The quantitative estimate of drug-likeness (QED) is 0.113. The van der Waals surface area contributed by atoms with E-state index >= 15 is 0 Å². The van der Waals surface area contributed by atoms with E-state index in [0.717, 1.165) is 43.0 Å². The van der Waals surface area contributed by atoms with Crippen molar-refractivity contribution in [1.82, 2.24) is 15.0 Å². The third kappa shape index (κ3) is 5.18. The van der Waals surface area contributed by atoms with E-state index in [0.29, 0.717) is 26.8 Å². The number of hydrazone groups is 1. The molecule has 0 bridgehead atoms. The zero-order chi connectivity index (χ0) is 26.6. The number of carbonyl (C=O) groups is 1. The van der Waals surface area contributed by atoms with Crippen molar-refractivity contribution in [2.75, 3.05) is 12.9 Å². The number of nitrogens with one attached hydrogen (secondary N) is 1. The lowest BCUT2D eigenvalue weighted by Crippen LogP contribution is -2.24. The van der Waals surface area contributed by atoms with Crippen molar-refractivity contribution >= 4 is 51.1 Å². The van der Waals surface area contributed by atoms with Crippen molar-refractivity contribution in [3.05, 3.63) is 85.0 Å². The van der Waals surface area contributed by atoms with Crippen molar-refractivity contribution in [1.29, 1.82) is 0 Å². The summed E-state index contributed by atoms with van der Waals surface area (Å²) in [5, 5.41) is 16.1. The lowest BCUT2D eigenvalue weighted by atomic mass is 9.97. The molecule has 1 aliphatic carbocycles. The number of benzene rings is 2. The number of nitrogens with zero attached hydrogens (tertiary/aromatic N) is 4. The maximum Gasteiger partial charge on any atom is 0.278 e. The molecule has 5 rings (SSSR count). The van der Waals surface area contributed by atoms with Crippen LogP contribution in [0.2, 0.25) is 0 Å². The van der Waals surface area contributed by atoms with E-state index < -0.39 is 10.8 Å². The van der Waals surface area contributed by atoms with Crippen LogP contribution in [0.1, 0.15) is 28.8 Å². The number of fused-ring (bicyclic) bond motifs is 3. The smallest absolute Gasteiger partial charge is 0.278 e. The molecule has 0 unspecified atom stereocenters. The first kappa shape index (κ1) is 25.6. The highest BCUT2D eigenvalue weighted by Crippen LogP contribution is 2.35. The van der Waals surface area contributed by atoms with Crippen LogP contribution < -0.4 is 15.7 Å². The average molecular weight is 550 g/mol. The first-order valence-corrected chi connectivity index (χ1v) is 13.7. The van der Waals surface area contributed by atoms with Gasteiger partial charge in [-0.1, -0.05) is 23.9 Å². The normalized spacial score (nSPS) is 13.0. The third-order valence-electron chi connectivity index (χ3n) is 6.15. The van der Waals surface area contributed by atoms with Gasteiger partial charge in [-0.3, -0.25) is 24.3 Å². The van der Waals surface area contributed by atoms with Gasteiger partial charge in [0.05, 0.1) is 40.6 Å². The van der Waals surface area contributed by atoms with Crippen LogP contribution in [0.4, 0.5) is 5.69 Å². The average Bonchev–Trinajstić information content (AvgIpc) is 3.31. The number of nitro groups is 1. The highest BCUT2D eigenvalue weighted by Gasteiger charge is 2.23. The maximum atomic E-state index is 13.8. The summed E-state index contributed by atoms with van der Waals surface area (Å²) in [5.74, 6) is 0.160. The number of ether oxygens (including phenoxy) is 1. The van der Waals surface area contributed by atoms with Crippen molar-refractivity contribution in [2.24, 2.45) is 5.10 Å². The number of carbonyl (C=O) groups excluding carboxylic acids is 1. The molecule has 4 aromatic rings. The van der Waals surface area contributed by atoms with Gasteiger partial charge in [-0.25, -0.2) is 10.4 Å². The lowest BCUT2D eigenvalue weighted by molar-refractivity contribution is -0.385. The fourth-order valence-electron chi connectivity index (χ4n) is 4.34. The molecule has 0 saturated carbocycles. The molecule has 194 valence electrons. The minimum absolute atomic E-state index is 0.0621. The number of thioether (sulfide) groups is 1. The first-order chi connectivity index (χ1) is 18.5. The summed E-state index contributed by atoms with van der Waals surface area (Å²) in [6.45, 7) is 0. The number of hydrogen-bond donors (Lipinski definition) is 1. The minimum atomic E-state index is -0.512. The van der Waals surface area contributed by atoms with Gasteiger partial charge >= 0.3 is 0 Å². The van der Waals surface area contributed by atoms with Crippen molar-refractivity contribution < 1.29 is 14.5 Å². The molecule has 12 heteroatoms. The standard InChI is InChI=1S/C26H23N5O5S2/c1-36-18-12-10-17(11-13-18)30-25(33)23-19-7-3-5-9-21(19)38-24(23)28-26(30)37-15-22(32)29-27-14-16-6-2-4-8-20(16)31(34)35/h2,4,6,8,10-14H,3,5,7,9,15H2,1H3,(H,29,32). The van der Waals surface area contributed by atoms with Gasteiger partial charge in [0.15, 0.2) is 5.16 Å². The molecule has 1 N–H and O–H groups in total. The number of rotatable bonds is 8. The second kappa shape index (κ2) is 11.2. The summed E-state index contributed by atoms with van der Waals surface area (Å²) >= 11 is 2.67. The lowest BCUT2D eigenvalue weighted by Gasteiger charge is -2.14. The predicted octanol–water partition coefficient (Wildman–Crippen LogP) is 4.49. The van der Waals surface area contributed by atoms with E-state index in [9.17, 15) is 19.7 Å². The zero-order valence-electron chi connectivity index (χ0n) is 20.4. The van der Waals surface area contributed by atoms with Gasteiger partial charge in [-0.15, -0.1) is 11.3 Å². The molecule has 0 fully saturated rings. The first-order valence-electron chi connectivity index (χ1n) is 11.9. The Kier molecular flexibility index (Phi) is 7.52. The fraction of sp³-hybridized carbons (Fsp3) is 0.231. The number of para-hydroxylation sites is 1. The second-order valence-corrected chi connectivity index (χ2v) is 10.5. The molecule has 0 atom stereocenters. The van der Waals surface area contributed by atoms with Crippen LogP contribution >= 0.6 is 23.1 Å². The predicted molar refractivity (Wildman–Crippen MR) is 148 cm³/mol. The molecule has 2 aromatic heterocycles. The van der Waals surface area contributed by atoms with Crippen LogP contribution in [0.25, 0.3) is 15.9 Å². The molecule has 0 radical (unpaired) electrons. The number of hydrogen-bond acceptors (Lipinski definition) is 9. The summed E-state index contributed by atoms with van der Waals surface area (Å²) in [5.41, 5.74) is 4.11. The van der Waals surface area contributed by atoms with E-state index in [1.807, 2.05) is 0 Å². The van der Waals surface area contributed by atoms with E-state index in [2.05, 4.69) is 10.5 Å². The van der Waals surface area contributed by atoms with Crippen molar-refractivity contribution in [3.63, 3.8) is 0 Å². The Labute approximate surface area is 225 Å². The van der Waals surface area contributed by atoms with E-state index in [1.165, 1.54) is 27.8 Å². The molecular formula is C26H23N5O5S2. The second-order valence-electron chi connectivity index (χ2n) is 8.52. The fourth-order valence-corrected chi connectivity index (χ4v) is 6.45. The molecule has 0 spiro atoms. The summed E-state index contributed by atoms with van der Waals surface area (Å²) in [7, 11) is 1.57. The van der Waals surface area contributed by atoms with Gasteiger partial charge in [0, 0.05) is 10.9 Å². The van der Waals surface area contributed by atoms with Crippen LogP contribution in [0.5, 0.6) is 5.75 Å². The summed E-state index contributed by atoms with van der Waals surface area (Å²) in [6.07, 6.45) is 5.18. The van der Waals surface area contributed by atoms with Crippen molar-refractivity contribution in [3.8, 4) is 11.4 Å². The Balaban J connectivity index is 1.42. The Bertz CT molecular complexity index is 1610. The largest absolute Gasteiger partial charge is 0.497 e. The molecule has 1 amide bonds. The number of thiophene rings is 1. The Morgan fingerprint density at radius 2 is 2.00 bits per heavy atom. The van der Waals surface area contributed by atoms with Gasteiger partial charge in [-0.05, 0) is 61.6 Å². The zero-order valence-corrected chi connectivity index (χ0v) is 22.0. The molecule has 0 saturated heterocycles. The molecule has 10 nitrogen and oxygen atoms in total. The third-order valence-corrected chi connectivity index (χ3v) is 8.27. The summed E-state index contributed by atoms with van der Waals surface area (Å²) in [4.78, 5) is 43.7. The molecule has 2 heterocycles. The highest BCUT2D eigenvalue weighted by molar-refractivity contribution is 7.99. The SMILES string of the molecule is COc1ccc(-n2c(SCC(=O)NN=Cc3ccccc3[N+](=O)[O-])nc3sc4c(c3c2=O)CCCC4)cc1. The van der Waals surface area contributed by atoms with Crippen molar-refractivity contribution in [2.45, 2.75) is 30.8 Å². The molecule has 0 aliphatic heterocycles. The number of amides is 1. The monoisotopic (exact) mass is 549 g/mol. The molecule has 2 aromatic carbocycles. The number of nitro benzene ring substituents is 1.